The molecule has 0 unspecified atom stereocenters. The average molecular weight is 250 g/mol. The van der Waals surface area contributed by atoms with E-state index in [1.165, 1.54) is 7.11 Å². The summed E-state index contributed by atoms with van der Waals surface area (Å²) in [6.45, 7) is 4.15. The molecule has 0 aliphatic heterocycles. The Labute approximate surface area is 102 Å². The van der Waals surface area contributed by atoms with Gasteiger partial charge < -0.3 is 9.64 Å². The van der Waals surface area contributed by atoms with Gasteiger partial charge in [0.05, 0.1) is 12.5 Å². The fourth-order valence-corrected chi connectivity index (χ4v) is 1.35. The first-order chi connectivity index (χ1) is 7.35. The van der Waals surface area contributed by atoms with E-state index in [0.717, 1.165) is 0 Å². The number of ether oxygens (including phenoxy) is 1. The molecule has 0 aromatic heterocycles. The van der Waals surface area contributed by atoms with E-state index in [4.69, 9.17) is 11.6 Å². The smallest absolute Gasteiger partial charge is 0.305 e. The van der Waals surface area contributed by atoms with Crippen LogP contribution in [0.5, 0.6) is 0 Å². The minimum atomic E-state index is -0.554. The molecule has 94 valence electrons. The highest BCUT2D eigenvalue weighted by Crippen LogP contribution is 2.20. The van der Waals surface area contributed by atoms with E-state index < -0.39 is 5.41 Å². The van der Waals surface area contributed by atoms with Crippen molar-refractivity contribution in [2.45, 2.75) is 26.7 Å². The number of methoxy groups -OCH3 is 1. The topological polar surface area (TPSA) is 46.6 Å². The molecule has 4 nitrogen and oxygen atoms in total. The average Bonchev–Trinajstić information content (AvgIpc) is 2.27. The van der Waals surface area contributed by atoms with E-state index in [1.54, 1.807) is 25.8 Å². The second-order valence-corrected chi connectivity index (χ2v) is 4.69. The summed E-state index contributed by atoms with van der Waals surface area (Å²) in [5.41, 5.74) is -0.554. The largest absolute Gasteiger partial charge is 0.469 e. The minimum absolute atomic E-state index is 0.00707. The number of hydrogen-bond acceptors (Lipinski definition) is 3. The van der Waals surface area contributed by atoms with E-state index in [1.807, 2.05) is 0 Å². The van der Waals surface area contributed by atoms with Crippen LogP contribution in [0.4, 0.5) is 0 Å². The lowest BCUT2D eigenvalue weighted by molar-refractivity contribution is -0.142. The van der Waals surface area contributed by atoms with Gasteiger partial charge in [-0.15, -0.1) is 11.6 Å². The molecule has 0 aliphatic carbocycles. The number of hydrogen-bond donors (Lipinski definition) is 0. The Hall–Kier alpha value is -0.770. The van der Waals surface area contributed by atoms with E-state index in [9.17, 15) is 9.59 Å². The van der Waals surface area contributed by atoms with Crippen molar-refractivity contribution in [1.82, 2.24) is 4.90 Å². The van der Waals surface area contributed by atoms with Gasteiger partial charge in [0.2, 0.25) is 5.91 Å². The molecule has 0 aromatic carbocycles. The molecule has 16 heavy (non-hydrogen) atoms. The summed E-state index contributed by atoms with van der Waals surface area (Å²) in [7, 11) is 3.07. The highest BCUT2D eigenvalue weighted by molar-refractivity contribution is 6.19. The Balaban J connectivity index is 4.02. The van der Waals surface area contributed by atoms with Crippen LogP contribution in [0, 0.1) is 5.41 Å². The lowest BCUT2D eigenvalue weighted by Crippen LogP contribution is -2.40. The van der Waals surface area contributed by atoms with E-state index in [-0.39, 0.29) is 17.8 Å². The van der Waals surface area contributed by atoms with Crippen LogP contribution in [-0.2, 0) is 14.3 Å². The van der Waals surface area contributed by atoms with Crippen molar-refractivity contribution in [3.8, 4) is 0 Å². The van der Waals surface area contributed by atoms with Gasteiger partial charge in [-0.3, -0.25) is 9.59 Å². The summed E-state index contributed by atoms with van der Waals surface area (Å²) in [5, 5.41) is 0. The molecular formula is C11H20ClNO3. The van der Waals surface area contributed by atoms with Crippen LogP contribution < -0.4 is 0 Å². The minimum Gasteiger partial charge on any atom is -0.469 e. The summed E-state index contributed by atoms with van der Waals surface area (Å²) >= 11 is 5.72. The van der Waals surface area contributed by atoms with Crippen molar-refractivity contribution in [2.24, 2.45) is 5.41 Å². The highest BCUT2D eigenvalue weighted by Gasteiger charge is 2.29. The molecule has 1 amide bonds. The molecule has 0 aliphatic rings. The van der Waals surface area contributed by atoms with Gasteiger partial charge in [-0.05, 0) is 20.3 Å². The lowest BCUT2D eigenvalue weighted by Gasteiger charge is -2.27. The number of amides is 1. The molecule has 0 aromatic rings. The second kappa shape index (κ2) is 6.74. The van der Waals surface area contributed by atoms with Gasteiger partial charge in [-0.2, -0.15) is 0 Å². The van der Waals surface area contributed by atoms with E-state index >= 15 is 0 Å². The van der Waals surface area contributed by atoms with Crippen molar-refractivity contribution >= 4 is 23.5 Å². The van der Waals surface area contributed by atoms with Crippen LogP contribution in [0.3, 0.4) is 0 Å². The molecule has 0 bridgehead atoms. The maximum absolute atomic E-state index is 11.9. The van der Waals surface area contributed by atoms with E-state index in [0.29, 0.717) is 19.4 Å². The summed E-state index contributed by atoms with van der Waals surface area (Å²) in [4.78, 5) is 24.3. The number of esters is 1. The third-order valence-corrected chi connectivity index (χ3v) is 3.03. The van der Waals surface area contributed by atoms with Gasteiger partial charge in [0, 0.05) is 25.9 Å². The maximum atomic E-state index is 11.9. The zero-order valence-electron chi connectivity index (χ0n) is 10.4. The highest BCUT2D eigenvalue weighted by atomic mass is 35.5. The SMILES string of the molecule is COC(=O)CCCN(C)C(=O)C(C)(C)CCl. The van der Waals surface area contributed by atoms with Crippen molar-refractivity contribution in [3.63, 3.8) is 0 Å². The monoisotopic (exact) mass is 249 g/mol. The first-order valence-electron chi connectivity index (χ1n) is 5.23. The molecule has 0 saturated heterocycles. The Morgan fingerprint density at radius 3 is 2.38 bits per heavy atom. The molecular weight excluding hydrogens is 230 g/mol. The molecule has 0 atom stereocenters. The second-order valence-electron chi connectivity index (χ2n) is 4.42. The van der Waals surface area contributed by atoms with Crippen molar-refractivity contribution < 1.29 is 14.3 Å². The standard InChI is InChI=1S/C11H20ClNO3/c1-11(2,8-12)10(15)13(3)7-5-6-9(14)16-4/h5-8H2,1-4H3. The number of rotatable bonds is 6. The van der Waals surface area contributed by atoms with Gasteiger partial charge in [-0.1, -0.05) is 0 Å². The molecule has 0 rings (SSSR count). The van der Waals surface area contributed by atoms with Crippen LogP contribution in [0.25, 0.3) is 0 Å². The summed E-state index contributed by atoms with van der Waals surface area (Å²) in [6.07, 6.45) is 0.933. The predicted octanol–water partition coefficient (Wildman–Crippen LogP) is 1.66. The molecule has 0 radical (unpaired) electrons. The van der Waals surface area contributed by atoms with E-state index in [2.05, 4.69) is 4.74 Å². The van der Waals surface area contributed by atoms with Crippen LogP contribution in [0.2, 0.25) is 0 Å². The van der Waals surface area contributed by atoms with Gasteiger partial charge in [0.15, 0.2) is 0 Å². The Bertz CT molecular complexity index is 254. The number of carbonyl (C=O) groups is 2. The molecule has 5 heteroatoms. The molecule has 0 heterocycles. The van der Waals surface area contributed by atoms with Crippen LogP contribution in [0.15, 0.2) is 0 Å². The third kappa shape index (κ3) is 4.84. The lowest BCUT2D eigenvalue weighted by atomic mass is 9.94. The molecule has 0 N–H and O–H groups in total. The van der Waals surface area contributed by atoms with Gasteiger partial charge in [-0.25, -0.2) is 0 Å². The van der Waals surface area contributed by atoms with Gasteiger partial charge in [0.25, 0.3) is 0 Å². The first kappa shape index (κ1) is 15.2. The summed E-state index contributed by atoms with van der Waals surface area (Å²) in [5.74, 6) is 0.0255. The zero-order valence-corrected chi connectivity index (χ0v) is 11.1. The van der Waals surface area contributed by atoms with Crippen LogP contribution in [-0.4, -0.2) is 43.4 Å². The number of nitrogens with zero attached hydrogens (tertiary/aromatic N) is 1. The van der Waals surface area contributed by atoms with Crippen molar-refractivity contribution in [2.75, 3.05) is 26.6 Å². The molecule has 0 saturated carbocycles. The summed E-state index contributed by atoms with van der Waals surface area (Å²) < 4.78 is 4.52. The van der Waals surface area contributed by atoms with Crippen LogP contribution >= 0.6 is 11.6 Å². The predicted molar refractivity (Wildman–Crippen MR) is 63.4 cm³/mol. The van der Waals surface area contributed by atoms with Gasteiger partial charge in [0.1, 0.15) is 0 Å². The Kier molecular flexibility index (Phi) is 6.41. The van der Waals surface area contributed by atoms with Crippen LogP contribution in [0.1, 0.15) is 26.7 Å². The Morgan fingerprint density at radius 2 is 1.94 bits per heavy atom. The quantitative estimate of drug-likeness (QED) is 0.531. The van der Waals surface area contributed by atoms with Crippen molar-refractivity contribution in [1.29, 1.82) is 0 Å². The van der Waals surface area contributed by atoms with Crippen molar-refractivity contribution in [3.05, 3.63) is 0 Å². The van der Waals surface area contributed by atoms with Gasteiger partial charge >= 0.3 is 5.97 Å². The number of halogens is 1. The first-order valence-corrected chi connectivity index (χ1v) is 5.77. The number of alkyl halides is 1. The molecule has 0 fully saturated rings. The summed E-state index contributed by atoms with van der Waals surface area (Å²) in [6, 6.07) is 0. The normalized spacial score (nSPS) is 11.1. The fraction of sp³-hybridized carbons (Fsp3) is 0.818. The fourth-order valence-electron chi connectivity index (χ4n) is 1.24. The third-order valence-electron chi connectivity index (χ3n) is 2.36. The Morgan fingerprint density at radius 1 is 1.38 bits per heavy atom. The maximum Gasteiger partial charge on any atom is 0.305 e. The number of carbonyl (C=O) groups excluding carboxylic acids is 2. The molecule has 0 spiro atoms. The zero-order chi connectivity index (χ0) is 12.8.